The van der Waals surface area contributed by atoms with Gasteiger partial charge in [-0.15, -0.1) is 0 Å². The van der Waals surface area contributed by atoms with Gasteiger partial charge in [-0.05, 0) is 24.7 Å². The lowest BCUT2D eigenvalue weighted by molar-refractivity contribution is -0.315. The zero-order valence-electron chi connectivity index (χ0n) is 6.86. The van der Waals surface area contributed by atoms with Crippen molar-refractivity contribution in [1.82, 2.24) is 0 Å². The average molecular weight is 183 g/mol. The summed E-state index contributed by atoms with van der Waals surface area (Å²) in [5, 5.41) is 21.2. The van der Waals surface area contributed by atoms with Crippen LogP contribution in [0, 0.1) is 17.8 Å². The molecule has 0 aliphatic heterocycles. The van der Waals surface area contributed by atoms with Gasteiger partial charge in [0.1, 0.15) is 0 Å². The van der Waals surface area contributed by atoms with Gasteiger partial charge in [-0.2, -0.15) is 0 Å². The van der Waals surface area contributed by atoms with Gasteiger partial charge >= 0.3 is 0 Å². The second-order valence-electron chi connectivity index (χ2n) is 3.90. The molecule has 0 saturated heterocycles. The van der Waals surface area contributed by atoms with Crippen LogP contribution in [0.25, 0.3) is 0 Å². The standard InChI is InChI=1S/C8H11NO4/c9-8(7(12)13)2-1-3-4(5(3)8)6(10)11/h3-5H,1-2,9H2,(H,10,11)(H,12,13)/p-2. The number of carbonyl (C=O) groups is 2. The number of nitrogens with two attached hydrogens (primary N) is 1. The van der Waals surface area contributed by atoms with Gasteiger partial charge in [0.2, 0.25) is 0 Å². The Labute approximate surface area is 74.5 Å². The Hall–Kier alpha value is -1.10. The number of hydrogen-bond donors (Lipinski definition) is 1. The van der Waals surface area contributed by atoms with Gasteiger partial charge in [-0.3, -0.25) is 0 Å². The van der Waals surface area contributed by atoms with Gasteiger partial charge < -0.3 is 25.5 Å². The summed E-state index contributed by atoms with van der Waals surface area (Å²) in [6.45, 7) is 0. The molecule has 5 heteroatoms. The van der Waals surface area contributed by atoms with E-state index >= 15 is 0 Å². The first kappa shape index (κ1) is 8.50. The third-order valence-electron chi connectivity index (χ3n) is 3.31. The third-order valence-corrected chi connectivity index (χ3v) is 3.31. The number of hydrogen-bond acceptors (Lipinski definition) is 5. The molecule has 0 spiro atoms. The van der Waals surface area contributed by atoms with Crippen LogP contribution < -0.4 is 15.9 Å². The largest absolute Gasteiger partial charge is 0.550 e. The highest BCUT2D eigenvalue weighted by Gasteiger charge is 2.64. The number of aliphatic carboxylic acids is 2. The maximum Gasteiger partial charge on any atom is 0.0616 e. The maximum absolute atomic E-state index is 10.7. The molecular weight excluding hydrogens is 174 g/mol. The molecule has 0 bridgehead atoms. The Morgan fingerprint density at radius 1 is 1.38 bits per heavy atom. The quantitative estimate of drug-likeness (QED) is 0.486. The highest BCUT2D eigenvalue weighted by atomic mass is 16.4. The van der Waals surface area contributed by atoms with E-state index in [4.69, 9.17) is 5.73 Å². The first-order chi connectivity index (χ1) is 5.98. The molecule has 2 N–H and O–H groups in total. The molecule has 4 unspecified atom stereocenters. The first-order valence-corrected chi connectivity index (χ1v) is 4.19. The molecule has 0 amide bonds. The van der Waals surface area contributed by atoms with E-state index < -0.39 is 29.3 Å². The van der Waals surface area contributed by atoms with Crippen LogP contribution in [-0.2, 0) is 9.59 Å². The Bertz CT molecular complexity index is 290. The van der Waals surface area contributed by atoms with E-state index in [1.807, 2.05) is 0 Å². The SMILES string of the molecule is NC1(C(=O)[O-])CCC2C(C(=O)[O-])C21. The molecule has 5 nitrogen and oxygen atoms in total. The second-order valence-corrected chi connectivity index (χ2v) is 3.90. The fraction of sp³-hybridized carbons (Fsp3) is 0.750. The minimum absolute atomic E-state index is 0.104. The molecule has 2 aliphatic carbocycles. The van der Waals surface area contributed by atoms with Gasteiger partial charge in [0.05, 0.1) is 11.5 Å². The van der Waals surface area contributed by atoms with Crippen molar-refractivity contribution in [3.05, 3.63) is 0 Å². The molecular formula is C8H9NO4-2. The van der Waals surface area contributed by atoms with Crippen LogP contribution in [0.5, 0.6) is 0 Å². The minimum Gasteiger partial charge on any atom is -0.550 e. The van der Waals surface area contributed by atoms with Gasteiger partial charge in [-0.25, -0.2) is 0 Å². The molecule has 2 aliphatic rings. The number of carboxylic acids is 2. The monoisotopic (exact) mass is 183 g/mol. The summed E-state index contributed by atoms with van der Waals surface area (Å²) in [5.41, 5.74) is 4.13. The summed E-state index contributed by atoms with van der Waals surface area (Å²) in [6.07, 6.45) is 0.863. The normalized spacial score (nSPS) is 47.0. The van der Waals surface area contributed by atoms with Crippen molar-refractivity contribution in [3.63, 3.8) is 0 Å². The molecule has 4 atom stereocenters. The van der Waals surface area contributed by atoms with Gasteiger partial charge in [-0.1, -0.05) is 0 Å². The third kappa shape index (κ3) is 0.904. The average Bonchev–Trinajstić information content (AvgIpc) is 2.66. The number of fused-ring (bicyclic) bond motifs is 1. The van der Waals surface area contributed by atoms with Crippen molar-refractivity contribution in [1.29, 1.82) is 0 Å². The molecule has 2 fully saturated rings. The van der Waals surface area contributed by atoms with Crippen LogP contribution in [0.1, 0.15) is 12.8 Å². The van der Waals surface area contributed by atoms with Crippen LogP contribution in [-0.4, -0.2) is 17.5 Å². The van der Waals surface area contributed by atoms with E-state index in [9.17, 15) is 19.8 Å². The van der Waals surface area contributed by atoms with Crippen molar-refractivity contribution >= 4 is 11.9 Å². The van der Waals surface area contributed by atoms with E-state index in [0.29, 0.717) is 12.8 Å². The van der Waals surface area contributed by atoms with Crippen LogP contribution in [0.4, 0.5) is 0 Å². The topological polar surface area (TPSA) is 106 Å². The van der Waals surface area contributed by atoms with Crippen molar-refractivity contribution < 1.29 is 19.8 Å². The molecule has 0 aromatic heterocycles. The van der Waals surface area contributed by atoms with Crippen molar-refractivity contribution in [2.45, 2.75) is 18.4 Å². The lowest BCUT2D eigenvalue weighted by atomic mass is 9.92. The molecule has 72 valence electrons. The van der Waals surface area contributed by atoms with E-state index in [1.165, 1.54) is 0 Å². The van der Waals surface area contributed by atoms with Crippen molar-refractivity contribution in [3.8, 4) is 0 Å². The van der Waals surface area contributed by atoms with Gasteiger partial charge in [0.25, 0.3) is 0 Å². The first-order valence-electron chi connectivity index (χ1n) is 4.19. The van der Waals surface area contributed by atoms with Crippen LogP contribution in [0.3, 0.4) is 0 Å². The van der Waals surface area contributed by atoms with Crippen LogP contribution in [0.15, 0.2) is 0 Å². The Morgan fingerprint density at radius 2 is 2.00 bits per heavy atom. The second kappa shape index (κ2) is 2.23. The summed E-state index contributed by atoms with van der Waals surface area (Å²) in [7, 11) is 0. The summed E-state index contributed by atoms with van der Waals surface area (Å²) in [6, 6.07) is 0. The summed E-state index contributed by atoms with van der Waals surface area (Å²) in [4.78, 5) is 21.2. The van der Waals surface area contributed by atoms with Crippen molar-refractivity contribution in [2.24, 2.45) is 23.5 Å². The Balaban J connectivity index is 2.20. The van der Waals surface area contributed by atoms with Gasteiger partial charge in [0.15, 0.2) is 0 Å². The highest BCUT2D eigenvalue weighted by molar-refractivity contribution is 5.83. The maximum atomic E-state index is 10.7. The number of carboxylic acid groups (broad SMARTS) is 2. The van der Waals surface area contributed by atoms with Gasteiger partial charge in [0, 0.05) is 11.9 Å². The summed E-state index contributed by atoms with van der Waals surface area (Å²) < 4.78 is 0. The molecule has 13 heavy (non-hydrogen) atoms. The molecule has 0 aromatic rings. The van der Waals surface area contributed by atoms with Crippen molar-refractivity contribution in [2.75, 3.05) is 0 Å². The fourth-order valence-corrected chi connectivity index (χ4v) is 2.57. The zero-order valence-corrected chi connectivity index (χ0v) is 6.86. The fourth-order valence-electron chi connectivity index (χ4n) is 2.57. The smallest absolute Gasteiger partial charge is 0.0616 e. The zero-order chi connectivity index (χ0) is 9.80. The lowest BCUT2D eigenvalue weighted by Gasteiger charge is -2.28. The molecule has 0 radical (unpaired) electrons. The molecule has 0 heterocycles. The lowest BCUT2D eigenvalue weighted by Crippen LogP contribution is -2.56. The number of carbonyl (C=O) groups excluding carboxylic acids is 2. The predicted octanol–water partition coefficient (Wildman–Crippen LogP) is -3.16. The molecule has 0 aromatic carbocycles. The summed E-state index contributed by atoms with van der Waals surface area (Å²) >= 11 is 0. The number of rotatable bonds is 2. The summed E-state index contributed by atoms with van der Waals surface area (Å²) in [5.74, 6) is -3.78. The van der Waals surface area contributed by atoms with E-state index in [2.05, 4.69) is 0 Å². The van der Waals surface area contributed by atoms with E-state index in [-0.39, 0.29) is 5.92 Å². The minimum atomic E-state index is -1.44. The highest BCUT2D eigenvalue weighted by Crippen LogP contribution is 2.60. The Kier molecular flexibility index (Phi) is 1.46. The van der Waals surface area contributed by atoms with Crippen LogP contribution >= 0.6 is 0 Å². The molecule has 2 rings (SSSR count). The predicted molar refractivity (Wildman–Crippen MR) is 36.6 cm³/mol. The van der Waals surface area contributed by atoms with Crippen LogP contribution in [0.2, 0.25) is 0 Å². The molecule has 2 saturated carbocycles. The van der Waals surface area contributed by atoms with E-state index in [1.54, 1.807) is 0 Å². The Morgan fingerprint density at radius 3 is 2.38 bits per heavy atom. The van der Waals surface area contributed by atoms with E-state index in [0.717, 1.165) is 0 Å².